The monoisotopic (exact) mass is 470 g/mol. The maximum atomic E-state index is 13.0. The fourth-order valence-corrected chi connectivity index (χ4v) is 3.98. The van der Waals surface area contributed by atoms with Crippen LogP contribution in [0.2, 0.25) is 0 Å². The predicted molar refractivity (Wildman–Crippen MR) is 124 cm³/mol. The van der Waals surface area contributed by atoms with Crippen molar-refractivity contribution < 1.29 is 23.9 Å². The zero-order valence-electron chi connectivity index (χ0n) is 20.5. The summed E-state index contributed by atoms with van der Waals surface area (Å²) in [7, 11) is 4.91. The molecule has 4 atom stereocenters. The van der Waals surface area contributed by atoms with Gasteiger partial charge in [0.15, 0.2) is 11.8 Å². The molecular formula is C22H38N4O5S. The lowest BCUT2D eigenvalue weighted by Gasteiger charge is -2.36. The average molecular weight is 471 g/mol. The molecule has 10 heteroatoms. The minimum Gasteiger partial charge on any atom is -0.461 e. The predicted octanol–water partition coefficient (Wildman–Crippen LogP) is 3.31. The molecule has 9 nitrogen and oxygen atoms in total. The van der Waals surface area contributed by atoms with Crippen LogP contribution in [0, 0.1) is 11.8 Å². The molecule has 0 unspecified atom stereocenters. The fraction of sp³-hybridized carbons (Fsp3) is 0.727. The van der Waals surface area contributed by atoms with Gasteiger partial charge in [0.2, 0.25) is 5.91 Å². The number of likely N-dealkylation sites (N-methyl/N-ethyl adjacent to an activating group) is 1. The summed E-state index contributed by atoms with van der Waals surface area (Å²) in [6.07, 6.45) is -0.148. The SMILES string of the molecule is CCOC(=O)c1csc([C@@H](C[C@H](C(C)C)N(C)C(=O)[C@@H](N)[C@@H](C)CC)OC(=O)N(C)C)n1. The highest BCUT2D eigenvalue weighted by atomic mass is 32.1. The minimum atomic E-state index is -0.736. The third kappa shape index (κ3) is 7.44. The molecule has 1 heterocycles. The van der Waals surface area contributed by atoms with Gasteiger partial charge in [0.25, 0.3) is 0 Å². The number of ether oxygens (including phenoxy) is 2. The third-order valence-corrected chi connectivity index (χ3v) is 6.44. The Hall–Kier alpha value is -2.20. The maximum absolute atomic E-state index is 13.0. The van der Waals surface area contributed by atoms with E-state index in [2.05, 4.69) is 4.98 Å². The van der Waals surface area contributed by atoms with Crippen molar-refractivity contribution in [2.24, 2.45) is 17.6 Å². The van der Waals surface area contributed by atoms with Gasteiger partial charge in [-0.05, 0) is 18.8 Å². The van der Waals surface area contributed by atoms with Crippen LogP contribution in [0.15, 0.2) is 5.38 Å². The largest absolute Gasteiger partial charge is 0.461 e. The standard InChI is InChI=1S/C22H38N4O5S/c1-9-14(5)18(23)20(27)26(8)16(13(3)4)11-17(31-22(29)25(6)7)19-24-15(12-32-19)21(28)30-10-2/h12-14,16-18H,9-11,23H2,1-8H3/t14-,16+,17+,18-/m0/s1. The van der Waals surface area contributed by atoms with E-state index in [1.807, 2.05) is 27.7 Å². The lowest BCUT2D eigenvalue weighted by Crippen LogP contribution is -2.51. The summed E-state index contributed by atoms with van der Waals surface area (Å²) in [5.74, 6) is -0.564. The molecule has 0 spiro atoms. The highest BCUT2D eigenvalue weighted by Crippen LogP contribution is 2.31. The van der Waals surface area contributed by atoms with Gasteiger partial charge >= 0.3 is 12.1 Å². The number of rotatable bonds is 11. The summed E-state index contributed by atoms with van der Waals surface area (Å²) in [6.45, 7) is 9.91. The number of carbonyl (C=O) groups is 3. The number of esters is 1. The van der Waals surface area contributed by atoms with Gasteiger partial charge in [-0.15, -0.1) is 11.3 Å². The molecule has 2 N–H and O–H groups in total. The van der Waals surface area contributed by atoms with Gasteiger partial charge in [0.05, 0.1) is 12.6 Å². The molecular weight excluding hydrogens is 432 g/mol. The van der Waals surface area contributed by atoms with Gasteiger partial charge in [-0.1, -0.05) is 34.1 Å². The van der Waals surface area contributed by atoms with Crippen molar-refractivity contribution in [1.29, 1.82) is 0 Å². The van der Waals surface area contributed by atoms with Crippen LogP contribution >= 0.6 is 11.3 Å². The summed E-state index contributed by atoms with van der Waals surface area (Å²) in [5.41, 5.74) is 6.36. The Balaban J connectivity index is 3.20. The molecule has 0 radical (unpaired) electrons. The smallest absolute Gasteiger partial charge is 0.409 e. The van der Waals surface area contributed by atoms with E-state index < -0.39 is 24.2 Å². The molecule has 1 aromatic heterocycles. The second kappa shape index (κ2) is 12.7. The zero-order valence-corrected chi connectivity index (χ0v) is 21.3. The van der Waals surface area contributed by atoms with Crippen molar-refractivity contribution in [2.75, 3.05) is 27.7 Å². The van der Waals surface area contributed by atoms with E-state index in [0.717, 1.165) is 6.42 Å². The second-order valence-electron chi connectivity index (χ2n) is 8.47. The van der Waals surface area contributed by atoms with Crippen LogP contribution < -0.4 is 5.73 Å². The molecule has 0 saturated carbocycles. The van der Waals surface area contributed by atoms with Gasteiger partial charge in [0.1, 0.15) is 5.01 Å². The quantitative estimate of drug-likeness (QED) is 0.493. The van der Waals surface area contributed by atoms with E-state index in [1.165, 1.54) is 16.2 Å². The van der Waals surface area contributed by atoms with Gasteiger partial charge in [0, 0.05) is 39.0 Å². The molecule has 0 fully saturated rings. The molecule has 0 saturated heterocycles. The molecule has 182 valence electrons. The Bertz CT molecular complexity index is 767. The van der Waals surface area contributed by atoms with Crippen molar-refractivity contribution in [3.8, 4) is 0 Å². The van der Waals surface area contributed by atoms with Crippen molar-refractivity contribution in [2.45, 2.75) is 65.6 Å². The highest BCUT2D eigenvalue weighted by Gasteiger charge is 2.34. The average Bonchev–Trinajstić information content (AvgIpc) is 3.24. The first kappa shape index (κ1) is 27.8. The van der Waals surface area contributed by atoms with Crippen LogP contribution in [-0.2, 0) is 14.3 Å². The molecule has 0 aliphatic heterocycles. The number of amides is 2. The van der Waals surface area contributed by atoms with Crippen molar-refractivity contribution in [3.63, 3.8) is 0 Å². The lowest BCUT2D eigenvalue weighted by molar-refractivity contribution is -0.136. The van der Waals surface area contributed by atoms with E-state index in [-0.39, 0.29) is 36.1 Å². The van der Waals surface area contributed by atoms with Crippen LogP contribution in [0.1, 0.15) is 69.1 Å². The van der Waals surface area contributed by atoms with Gasteiger partial charge in [-0.2, -0.15) is 0 Å². The molecule has 0 aliphatic rings. The molecule has 0 bridgehead atoms. The lowest BCUT2D eigenvalue weighted by atomic mass is 9.93. The summed E-state index contributed by atoms with van der Waals surface area (Å²) >= 11 is 1.22. The van der Waals surface area contributed by atoms with Crippen molar-refractivity contribution >= 4 is 29.3 Å². The van der Waals surface area contributed by atoms with Gasteiger partial charge in [-0.3, -0.25) is 4.79 Å². The number of aromatic nitrogens is 1. The van der Waals surface area contributed by atoms with Crippen LogP contribution in [0.5, 0.6) is 0 Å². The Morgan fingerprint density at radius 2 is 1.78 bits per heavy atom. The summed E-state index contributed by atoms with van der Waals surface area (Å²) in [6, 6.07) is -0.864. The first-order valence-electron chi connectivity index (χ1n) is 11.0. The Morgan fingerprint density at radius 3 is 2.28 bits per heavy atom. The number of nitrogens with zero attached hydrogens (tertiary/aromatic N) is 3. The van der Waals surface area contributed by atoms with Crippen LogP contribution in [-0.4, -0.2) is 72.6 Å². The Kier molecular flexibility index (Phi) is 11.1. The molecule has 1 aromatic rings. The van der Waals surface area contributed by atoms with E-state index in [1.54, 1.807) is 38.3 Å². The van der Waals surface area contributed by atoms with Gasteiger partial charge in [-0.25, -0.2) is 14.6 Å². The van der Waals surface area contributed by atoms with Crippen molar-refractivity contribution in [3.05, 3.63) is 16.1 Å². The Morgan fingerprint density at radius 1 is 1.16 bits per heavy atom. The normalized spacial score (nSPS) is 14.9. The molecule has 1 rings (SSSR count). The minimum absolute atomic E-state index is 0.0474. The summed E-state index contributed by atoms with van der Waals surface area (Å²) < 4.78 is 10.7. The van der Waals surface area contributed by atoms with Crippen LogP contribution in [0.25, 0.3) is 0 Å². The molecule has 2 amide bonds. The Labute approximate surface area is 195 Å². The maximum Gasteiger partial charge on any atom is 0.409 e. The fourth-order valence-electron chi connectivity index (χ4n) is 3.15. The number of nitrogens with two attached hydrogens (primary N) is 1. The summed E-state index contributed by atoms with van der Waals surface area (Å²) in [4.78, 5) is 44.7. The van der Waals surface area contributed by atoms with Crippen LogP contribution in [0.3, 0.4) is 0 Å². The van der Waals surface area contributed by atoms with Crippen molar-refractivity contribution in [1.82, 2.24) is 14.8 Å². The number of thiazole rings is 1. The van der Waals surface area contributed by atoms with Gasteiger partial charge < -0.3 is 25.0 Å². The van der Waals surface area contributed by atoms with E-state index in [4.69, 9.17) is 15.2 Å². The summed E-state index contributed by atoms with van der Waals surface area (Å²) in [5, 5.41) is 2.06. The highest BCUT2D eigenvalue weighted by molar-refractivity contribution is 7.09. The van der Waals surface area contributed by atoms with Crippen LogP contribution in [0.4, 0.5) is 4.79 Å². The topological polar surface area (TPSA) is 115 Å². The van der Waals surface area contributed by atoms with E-state index >= 15 is 0 Å². The first-order chi connectivity index (χ1) is 14.9. The second-order valence-corrected chi connectivity index (χ2v) is 9.36. The molecule has 0 aliphatic carbocycles. The zero-order chi connectivity index (χ0) is 24.6. The first-order valence-corrected chi connectivity index (χ1v) is 11.8. The van der Waals surface area contributed by atoms with E-state index in [0.29, 0.717) is 11.4 Å². The van der Waals surface area contributed by atoms with E-state index in [9.17, 15) is 14.4 Å². The third-order valence-electron chi connectivity index (χ3n) is 5.50. The number of carbonyl (C=O) groups excluding carboxylic acids is 3. The molecule has 32 heavy (non-hydrogen) atoms. The molecule has 0 aromatic carbocycles. The number of hydrogen-bond acceptors (Lipinski definition) is 8. The number of hydrogen-bond donors (Lipinski definition) is 1.